The second kappa shape index (κ2) is 17.4. The van der Waals surface area contributed by atoms with Crippen LogP contribution in [-0.4, -0.2) is 129 Å². The van der Waals surface area contributed by atoms with Gasteiger partial charge in [0.1, 0.15) is 42.3 Å². The number of carboxylic acid groups (broad SMARTS) is 1. The van der Waals surface area contributed by atoms with Gasteiger partial charge in [-0.05, 0) is 61.9 Å². The fourth-order valence-electron chi connectivity index (χ4n) is 7.60. The Morgan fingerprint density at radius 1 is 1.02 bits per heavy atom. The number of aliphatic hydroxyl groups is 4. The van der Waals surface area contributed by atoms with Gasteiger partial charge >= 0.3 is 11.9 Å². The number of nitrogens with one attached hydrogen (secondary N) is 1. The largest absolute Gasteiger partial charge is 0.508 e. The maximum atomic E-state index is 13.6. The molecule has 1 fully saturated rings. The topological polar surface area (TPSA) is 267 Å². The van der Waals surface area contributed by atoms with E-state index in [9.17, 15) is 49.8 Å². The molecule has 61 heavy (non-hydrogen) atoms. The number of allylic oxidation sites excluding steroid dienone is 1. The number of nitrogens with zero attached hydrogens (tertiary/aromatic N) is 2. The highest BCUT2D eigenvalue weighted by Gasteiger charge is 2.67. The van der Waals surface area contributed by atoms with Gasteiger partial charge in [-0.1, -0.05) is 29.3 Å². The van der Waals surface area contributed by atoms with Gasteiger partial charge in [0.05, 0.1) is 42.1 Å². The molecule has 3 aliphatic rings. The van der Waals surface area contributed by atoms with Crippen LogP contribution in [0.1, 0.15) is 23.1 Å². The lowest BCUT2D eigenvalue weighted by molar-refractivity contribution is -0.392. The van der Waals surface area contributed by atoms with Crippen LogP contribution in [-0.2, 0) is 28.7 Å². The molecule has 0 bridgehead atoms. The van der Waals surface area contributed by atoms with Crippen molar-refractivity contribution in [2.45, 2.75) is 56.0 Å². The second-order valence-electron chi connectivity index (χ2n) is 14.9. The quantitative estimate of drug-likeness (QED) is 0.0365. The lowest BCUT2D eigenvalue weighted by atomic mass is 9.73. The van der Waals surface area contributed by atoms with E-state index in [0.717, 1.165) is 16.7 Å². The molecule has 18 heteroatoms. The highest BCUT2D eigenvalue weighted by atomic mass is 16.8. The van der Waals surface area contributed by atoms with Crippen molar-refractivity contribution in [3.05, 3.63) is 111 Å². The predicted octanol–water partition coefficient (Wildman–Crippen LogP) is 1.50. The number of rotatable bonds is 16. The van der Waals surface area contributed by atoms with Crippen LogP contribution < -0.4 is 15.5 Å². The number of esters is 1. The number of aldehydes is 1. The first-order valence-electron chi connectivity index (χ1n) is 19.1. The average molecular weight is 842 g/mol. The van der Waals surface area contributed by atoms with Crippen LogP contribution in [0, 0.1) is 13.8 Å². The Labute approximate surface area is 347 Å². The maximum absolute atomic E-state index is 13.6. The zero-order valence-electron chi connectivity index (χ0n) is 32.9. The standard InChI is InChI=1S/C43H43N3O15/c1-23-14-24(2)16-27(15-23)36-34-26(10-12-45-34)18-46(36)61-38-41(59-29-8-9-30-32(17-29)57-19-31(37(30)51)25-4-6-28(50)7-5-25)60-33(42(55,21-48)43(38,56)22-49)20-58-40(54)35(39(52)53)44-11-3-13-47/h4-10,12-17,19,33,35,38,41,44,48-50,55-56H,3,11,18,20-22H2,1-2H3,(H,52,53). The maximum Gasteiger partial charge on any atom is 0.334 e. The molecule has 0 saturated carbocycles. The minimum absolute atomic E-state index is 0.0118. The van der Waals surface area contributed by atoms with Crippen molar-refractivity contribution in [1.29, 1.82) is 0 Å². The van der Waals surface area contributed by atoms with Gasteiger partial charge in [0.2, 0.25) is 12.3 Å². The number of benzene rings is 3. The molecule has 0 amide bonds. The number of phenols is 1. The highest BCUT2D eigenvalue weighted by Crippen LogP contribution is 2.45. The normalized spacial score (nSPS) is 23.8. The molecule has 3 aliphatic heterocycles. The molecule has 0 spiro atoms. The summed E-state index contributed by atoms with van der Waals surface area (Å²) in [6.45, 7) is 0.132. The van der Waals surface area contributed by atoms with Crippen molar-refractivity contribution in [2.24, 2.45) is 4.99 Å². The van der Waals surface area contributed by atoms with Gasteiger partial charge in [-0.15, -0.1) is 0 Å². The minimum atomic E-state index is -2.88. The summed E-state index contributed by atoms with van der Waals surface area (Å²) >= 11 is 0. The summed E-state index contributed by atoms with van der Waals surface area (Å²) in [7, 11) is 0. The minimum Gasteiger partial charge on any atom is -0.508 e. The fourth-order valence-corrected chi connectivity index (χ4v) is 7.60. The van der Waals surface area contributed by atoms with Crippen molar-refractivity contribution in [3.63, 3.8) is 0 Å². The molecule has 18 nitrogen and oxygen atoms in total. The molecular weight excluding hydrogens is 798 g/mol. The van der Waals surface area contributed by atoms with Crippen LogP contribution >= 0.6 is 0 Å². The van der Waals surface area contributed by atoms with E-state index in [0.29, 0.717) is 28.8 Å². The van der Waals surface area contributed by atoms with Crippen LogP contribution in [0.25, 0.3) is 27.8 Å². The summed E-state index contributed by atoms with van der Waals surface area (Å²) in [6.07, 6.45) is -0.602. The number of aliphatic carboxylic acids is 1. The second-order valence-corrected chi connectivity index (χ2v) is 14.9. The molecule has 0 aliphatic carbocycles. The van der Waals surface area contributed by atoms with Crippen LogP contribution in [0.15, 0.2) is 98.5 Å². The van der Waals surface area contributed by atoms with Crippen LogP contribution in [0.3, 0.4) is 0 Å². The van der Waals surface area contributed by atoms with Gasteiger partial charge < -0.3 is 54.1 Å². The average Bonchev–Trinajstić information content (AvgIpc) is 3.83. The van der Waals surface area contributed by atoms with Gasteiger partial charge in [0, 0.05) is 36.4 Å². The molecule has 7 N–H and O–H groups in total. The van der Waals surface area contributed by atoms with Crippen molar-refractivity contribution in [3.8, 4) is 22.6 Å². The Hall–Kier alpha value is -6.25. The number of phenolic OH excluding ortho intramolecular Hbond substituents is 1. The van der Waals surface area contributed by atoms with E-state index in [2.05, 4.69) is 10.3 Å². The molecule has 1 aromatic heterocycles. The van der Waals surface area contributed by atoms with Crippen LogP contribution in [0.5, 0.6) is 11.5 Å². The van der Waals surface area contributed by atoms with Gasteiger partial charge in [0.25, 0.3) is 0 Å². The third-order valence-electron chi connectivity index (χ3n) is 10.7. The van der Waals surface area contributed by atoms with Gasteiger partial charge in [-0.3, -0.25) is 19.9 Å². The first-order chi connectivity index (χ1) is 29.2. The van der Waals surface area contributed by atoms with E-state index in [1.54, 1.807) is 24.4 Å². The Morgan fingerprint density at radius 2 is 1.74 bits per heavy atom. The third kappa shape index (κ3) is 8.17. The van der Waals surface area contributed by atoms with Gasteiger partial charge in [0.15, 0.2) is 22.7 Å². The fraction of sp³-hybridized carbons (Fsp3) is 0.326. The number of ether oxygens (including phenoxy) is 3. The third-order valence-corrected chi connectivity index (χ3v) is 10.7. The summed E-state index contributed by atoms with van der Waals surface area (Å²) < 4.78 is 23.5. The number of aromatic hydroxyl groups is 1. The lowest BCUT2D eigenvalue weighted by Gasteiger charge is -2.55. The number of hydroxylamine groups is 2. The predicted molar refractivity (Wildman–Crippen MR) is 215 cm³/mol. The lowest BCUT2D eigenvalue weighted by Crippen LogP contribution is -2.79. The Kier molecular flexibility index (Phi) is 12.2. The van der Waals surface area contributed by atoms with E-state index in [4.69, 9.17) is 23.5 Å². The Bertz CT molecular complexity index is 2480. The number of aryl methyl sites for hydroxylation is 2. The zero-order chi connectivity index (χ0) is 43.6. The Balaban J connectivity index is 1.27. The molecule has 3 aromatic carbocycles. The molecule has 4 heterocycles. The van der Waals surface area contributed by atoms with E-state index in [1.807, 2.05) is 32.0 Å². The number of fused-ring (bicyclic) bond motifs is 2. The SMILES string of the molecule is Cc1cc(C)cc(C2=C3N=CC=C3CN2OC2C(Oc3ccc4c(=O)c(-c5ccc(O)cc5)coc4c3)OC(COC(=O)C(NCCC=O)C(=O)O)C(O)(CO)C2(O)CO)c1. The number of hydrogen-bond donors (Lipinski definition) is 7. The number of aliphatic imine (C=N–C) groups is 1. The molecule has 6 unspecified atom stereocenters. The summed E-state index contributed by atoms with van der Waals surface area (Å²) in [5.74, 6) is -3.01. The number of carbonyl (C=O) groups is 3. The smallest absolute Gasteiger partial charge is 0.334 e. The first-order valence-corrected chi connectivity index (χ1v) is 19.1. The van der Waals surface area contributed by atoms with Crippen molar-refractivity contribution >= 4 is 41.1 Å². The molecule has 4 aromatic rings. The van der Waals surface area contributed by atoms with E-state index in [-0.39, 0.29) is 47.5 Å². The van der Waals surface area contributed by atoms with Gasteiger partial charge in [-0.2, -0.15) is 0 Å². The van der Waals surface area contributed by atoms with Crippen LogP contribution in [0.2, 0.25) is 0 Å². The van der Waals surface area contributed by atoms with Crippen LogP contribution in [0.4, 0.5) is 0 Å². The van der Waals surface area contributed by atoms with E-state index < -0.39 is 72.9 Å². The number of hydrogen-bond acceptors (Lipinski definition) is 17. The van der Waals surface area contributed by atoms with Gasteiger partial charge in [-0.25, -0.2) is 14.7 Å². The van der Waals surface area contributed by atoms with Crippen molar-refractivity contribution < 1.29 is 68.5 Å². The highest BCUT2D eigenvalue weighted by molar-refractivity contribution is 5.98. The number of carbonyl (C=O) groups excluding carboxylic acids is 2. The molecule has 0 radical (unpaired) electrons. The summed E-state index contributed by atoms with van der Waals surface area (Å²) in [4.78, 5) is 60.3. The zero-order valence-corrected chi connectivity index (χ0v) is 32.9. The van der Waals surface area contributed by atoms with Crippen molar-refractivity contribution in [1.82, 2.24) is 10.4 Å². The molecule has 7 rings (SSSR count). The van der Waals surface area contributed by atoms with Crippen molar-refractivity contribution in [2.75, 3.05) is 32.9 Å². The monoisotopic (exact) mass is 841 g/mol. The first kappa shape index (κ1) is 42.9. The molecule has 320 valence electrons. The van der Waals surface area contributed by atoms with E-state index in [1.165, 1.54) is 41.7 Å². The summed E-state index contributed by atoms with van der Waals surface area (Å²) in [6, 6.07) is 13.9. The number of carboxylic acids is 1. The molecule has 1 saturated heterocycles. The molecular formula is C43H43N3O15. The summed E-state index contributed by atoms with van der Waals surface area (Å²) in [5, 5.41) is 69.6. The molecule has 6 atom stereocenters. The summed E-state index contributed by atoms with van der Waals surface area (Å²) in [5.41, 5.74) is -1.10. The Morgan fingerprint density at radius 3 is 2.41 bits per heavy atom. The van der Waals surface area contributed by atoms with E-state index >= 15 is 0 Å². The number of aliphatic hydroxyl groups excluding tert-OH is 2.